The standard InChI is InChI=1S/C20H19FN6O2/c1-10-17(13-7-27-8-15(23-9-28)25-16(27)6-22-13)12-5-24-26-20(12)18(19(10)21)11-3-2-4-14(11)29/h5-9,11,14,29H,2-4H2,1H3,(H,23,28)(H,24,26). The molecule has 1 aliphatic carbocycles. The second-order valence-electron chi connectivity index (χ2n) is 7.42. The number of carbonyl (C=O) groups excluding carboxylic acids is 1. The number of aromatic amines is 1. The smallest absolute Gasteiger partial charge is 0.212 e. The van der Waals surface area contributed by atoms with Crippen LogP contribution in [-0.4, -0.2) is 42.2 Å². The second kappa shape index (κ2) is 6.63. The number of benzene rings is 1. The van der Waals surface area contributed by atoms with Gasteiger partial charge in [0.25, 0.3) is 0 Å². The number of halogens is 1. The molecular weight excluding hydrogens is 375 g/mol. The summed E-state index contributed by atoms with van der Waals surface area (Å²) in [6.45, 7) is 1.72. The number of nitrogens with zero attached hydrogens (tertiary/aromatic N) is 4. The molecule has 3 aromatic heterocycles. The van der Waals surface area contributed by atoms with E-state index in [1.165, 1.54) is 0 Å². The van der Waals surface area contributed by atoms with Crippen molar-refractivity contribution in [3.8, 4) is 11.3 Å². The van der Waals surface area contributed by atoms with Crippen LogP contribution >= 0.6 is 0 Å². The summed E-state index contributed by atoms with van der Waals surface area (Å²) in [6, 6.07) is 0. The minimum absolute atomic E-state index is 0.244. The zero-order chi connectivity index (χ0) is 20.1. The maximum absolute atomic E-state index is 15.5. The molecule has 0 aliphatic heterocycles. The lowest BCUT2D eigenvalue weighted by molar-refractivity contribution is -0.105. The molecule has 0 bridgehead atoms. The number of aromatic nitrogens is 5. The van der Waals surface area contributed by atoms with Crippen LogP contribution in [0.5, 0.6) is 0 Å². The summed E-state index contributed by atoms with van der Waals surface area (Å²) in [5.41, 5.74) is 3.34. The van der Waals surface area contributed by atoms with Crippen molar-refractivity contribution in [1.29, 1.82) is 0 Å². The van der Waals surface area contributed by atoms with Gasteiger partial charge in [0.2, 0.25) is 6.41 Å². The van der Waals surface area contributed by atoms with E-state index in [-0.39, 0.29) is 11.7 Å². The van der Waals surface area contributed by atoms with Crippen molar-refractivity contribution in [3.05, 3.63) is 41.7 Å². The highest BCUT2D eigenvalue weighted by atomic mass is 19.1. The van der Waals surface area contributed by atoms with Gasteiger partial charge in [-0.1, -0.05) is 6.42 Å². The molecule has 8 nitrogen and oxygen atoms in total. The van der Waals surface area contributed by atoms with Crippen molar-refractivity contribution in [3.63, 3.8) is 0 Å². The van der Waals surface area contributed by atoms with Gasteiger partial charge in [0.05, 0.1) is 35.9 Å². The first-order valence-electron chi connectivity index (χ1n) is 9.47. The van der Waals surface area contributed by atoms with Crippen LogP contribution in [0.2, 0.25) is 0 Å². The lowest BCUT2D eigenvalue weighted by Gasteiger charge is -2.20. The summed E-state index contributed by atoms with van der Waals surface area (Å²) in [7, 11) is 0. The molecule has 2 unspecified atom stereocenters. The lowest BCUT2D eigenvalue weighted by atomic mass is 9.88. The third-order valence-corrected chi connectivity index (χ3v) is 5.77. The lowest BCUT2D eigenvalue weighted by Crippen LogP contribution is -2.14. The maximum Gasteiger partial charge on any atom is 0.212 e. The molecule has 0 spiro atoms. The van der Waals surface area contributed by atoms with Crippen molar-refractivity contribution in [2.75, 3.05) is 5.32 Å². The minimum atomic E-state index is -0.551. The molecule has 3 N–H and O–H groups in total. The summed E-state index contributed by atoms with van der Waals surface area (Å²) < 4.78 is 17.3. The van der Waals surface area contributed by atoms with Crippen LogP contribution in [0, 0.1) is 12.7 Å². The topological polar surface area (TPSA) is 108 Å². The summed E-state index contributed by atoms with van der Waals surface area (Å²) in [5, 5.41) is 20.7. The number of nitrogens with one attached hydrogen (secondary N) is 2. The van der Waals surface area contributed by atoms with E-state index in [1.807, 2.05) is 0 Å². The van der Waals surface area contributed by atoms with Crippen molar-refractivity contribution in [2.45, 2.75) is 38.2 Å². The number of amides is 1. The Morgan fingerprint density at radius 3 is 2.97 bits per heavy atom. The van der Waals surface area contributed by atoms with Crippen molar-refractivity contribution in [1.82, 2.24) is 24.6 Å². The first-order chi connectivity index (χ1) is 14.1. The largest absolute Gasteiger partial charge is 0.392 e. The normalized spacial score (nSPS) is 19.3. The number of imidazole rings is 1. The van der Waals surface area contributed by atoms with E-state index in [0.29, 0.717) is 52.2 Å². The van der Waals surface area contributed by atoms with Crippen LogP contribution in [0.3, 0.4) is 0 Å². The van der Waals surface area contributed by atoms with Crippen LogP contribution in [0.4, 0.5) is 10.2 Å². The number of anilines is 1. The molecule has 3 heterocycles. The number of aliphatic hydroxyl groups is 1. The summed E-state index contributed by atoms with van der Waals surface area (Å²) >= 11 is 0. The van der Waals surface area contributed by atoms with E-state index in [9.17, 15) is 9.90 Å². The SMILES string of the molecule is Cc1c(F)c(C2CCCC2O)c2[nH]ncc2c1-c1cn2cc(NC=O)nc2cn1. The molecule has 1 saturated carbocycles. The van der Waals surface area contributed by atoms with Crippen LogP contribution in [0.25, 0.3) is 27.8 Å². The highest BCUT2D eigenvalue weighted by Gasteiger charge is 2.33. The highest BCUT2D eigenvalue weighted by molar-refractivity contribution is 5.97. The fraction of sp³-hybridized carbons (Fsp3) is 0.300. The summed E-state index contributed by atoms with van der Waals surface area (Å²) in [5.74, 6) is -0.175. The summed E-state index contributed by atoms with van der Waals surface area (Å²) in [6.07, 6.45) is 8.95. The number of carbonyl (C=O) groups is 1. The van der Waals surface area contributed by atoms with Gasteiger partial charge < -0.3 is 14.8 Å². The Morgan fingerprint density at radius 2 is 2.21 bits per heavy atom. The quantitative estimate of drug-likeness (QED) is 0.461. The maximum atomic E-state index is 15.5. The Kier molecular flexibility index (Phi) is 4.06. The van der Waals surface area contributed by atoms with Crippen molar-refractivity contribution >= 4 is 28.8 Å². The Hall–Kier alpha value is -3.33. The molecule has 5 rings (SSSR count). The molecule has 148 valence electrons. The number of hydrogen-bond acceptors (Lipinski definition) is 5. The van der Waals surface area contributed by atoms with Gasteiger partial charge >= 0.3 is 0 Å². The molecule has 1 aromatic carbocycles. The van der Waals surface area contributed by atoms with Gasteiger partial charge in [0, 0.05) is 28.6 Å². The zero-order valence-electron chi connectivity index (χ0n) is 15.7. The van der Waals surface area contributed by atoms with Gasteiger partial charge in [-0.15, -0.1) is 0 Å². The van der Waals surface area contributed by atoms with Crippen molar-refractivity contribution < 1.29 is 14.3 Å². The van der Waals surface area contributed by atoms with Gasteiger partial charge in [0.15, 0.2) is 11.5 Å². The van der Waals surface area contributed by atoms with E-state index in [0.717, 1.165) is 18.2 Å². The molecule has 9 heteroatoms. The molecule has 0 saturated heterocycles. The minimum Gasteiger partial charge on any atom is -0.392 e. The summed E-state index contributed by atoms with van der Waals surface area (Å²) in [4.78, 5) is 19.4. The second-order valence-corrected chi connectivity index (χ2v) is 7.42. The first-order valence-corrected chi connectivity index (χ1v) is 9.47. The third kappa shape index (κ3) is 2.69. The molecule has 2 atom stereocenters. The fourth-order valence-corrected chi connectivity index (χ4v) is 4.42. The van der Waals surface area contributed by atoms with Crippen LogP contribution < -0.4 is 5.32 Å². The van der Waals surface area contributed by atoms with Gasteiger partial charge in [-0.2, -0.15) is 5.10 Å². The van der Waals surface area contributed by atoms with E-state index in [4.69, 9.17) is 0 Å². The molecule has 1 amide bonds. The average molecular weight is 394 g/mol. The Labute approximate surface area is 164 Å². The predicted octanol–water partition coefficient (Wildman–Crippen LogP) is 2.92. The highest BCUT2D eigenvalue weighted by Crippen LogP contribution is 2.43. The van der Waals surface area contributed by atoms with E-state index >= 15 is 4.39 Å². The number of rotatable bonds is 4. The number of fused-ring (bicyclic) bond motifs is 2. The molecule has 0 radical (unpaired) electrons. The van der Waals surface area contributed by atoms with Gasteiger partial charge in [-0.25, -0.2) is 9.37 Å². The number of hydrogen-bond donors (Lipinski definition) is 3. The van der Waals surface area contributed by atoms with E-state index in [2.05, 4.69) is 25.5 Å². The van der Waals surface area contributed by atoms with E-state index < -0.39 is 6.10 Å². The average Bonchev–Trinajstić information content (AvgIpc) is 3.43. The van der Waals surface area contributed by atoms with Gasteiger partial charge in [-0.3, -0.25) is 14.9 Å². The predicted molar refractivity (Wildman–Crippen MR) is 105 cm³/mol. The monoisotopic (exact) mass is 394 g/mol. The van der Waals surface area contributed by atoms with Crippen LogP contribution in [0.1, 0.15) is 36.3 Å². The Bertz CT molecular complexity index is 1250. The van der Waals surface area contributed by atoms with Crippen LogP contribution in [0.15, 0.2) is 24.8 Å². The molecule has 1 fully saturated rings. The first kappa shape index (κ1) is 17.7. The molecule has 1 aliphatic rings. The molecule has 29 heavy (non-hydrogen) atoms. The zero-order valence-corrected chi connectivity index (χ0v) is 15.7. The fourth-order valence-electron chi connectivity index (χ4n) is 4.42. The van der Waals surface area contributed by atoms with Gasteiger partial charge in [-0.05, 0) is 25.3 Å². The van der Waals surface area contributed by atoms with Gasteiger partial charge in [0.1, 0.15) is 5.82 Å². The Balaban J connectivity index is 1.72. The molecular formula is C20H19FN6O2. The third-order valence-electron chi connectivity index (χ3n) is 5.77. The van der Waals surface area contributed by atoms with Crippen molar-refractivity contribution in [2.24, 2.45) is 0 Å². The number of aliphatic hydroxyl groups excluding tert-OH is 1. The van der Waals surface area contributed by atoms with E-state index in [1.54, 1.807) is 36.1 Å². The number of H-pyrrole nitrogens is 1. The molecule has 4 aromatic rings. The van der Waals surface area contributed by atoms with Crippen LogP contribution in [-0.2, 0) is 4.79 Å². The Morgan fingerprint density at radius 1 is 1.34 bits per heavy atom.